The van der Waals surface area contributed by atoms with Crippen LogP contribution in [0.15, 0.2) is 0 Å². The molecule has 0 aromatic heterocycles. The normalized spacial score (nSPS) is 15.9. The second-order valence-corrected chi connectivity index (χ2v) is 6.95. The Hall–Kier alpha value is 0.310. The Morgan fingerprint density at radius 2 is 1.62 bits per heavy atom. The Kier molecular flexibility index (Phi) is 4.81. The summed E-state index contributed by atoms with van der Waals surface area (Å²) in [6.45, 7) is 14.7. The minimum absolute atomic E-state index is 0.347. The van der Waals surface area contributed by atoms with E-state index < -0.39 is 0 Å². The van der Waals surface area contributed by atoms with E-state index in [-0.39, 0.29) is 0 Å². The summed E-state index contributed by atoms with van der Waals surface area (Å²) in [6.07, 6.45) is 2.17. The molecule has 0 saturated heterocycles. The molecule has 0 bridgehead atoms. The second kappa shape index (κ2) is 4.70. The summed E-state index contributed by atoms with van der Waals surface area (Å²) in [5.41, 5.74) is 0.356. The van der Waals surface area contributed by atoms with Crippen molar-refractivity contribution in [3.05, 3.63) is 0 Å². The van der Waals surface area contributed by atoms with Gasteiger partial charge in [0.1, 0.15) is 0 Å². The van der Waals surface area contributed by atoms with Crippen LogP contribution < -0.4 is 5.32 Å². The van der Waals surface area contributed by atoms with E-state index in [4.69, 9.17) is 0 Å². The first-order chi connectivity index (χ1) is 5.69. The fourth-order valence-corrected chi connectivity index (χ4v) is 1.00. The number of rotatable bonds is 4. The van der Waals surface area contributed by atoms with Crippen molar-refractivity contribution in [3.8, 4) is 0 Å². The van der Waals surface area contributed by atoms with E-state index in [9.17, 15) is 0 Å². The zero-order valence-electron chi connectivity index (χ0n) is 10.2. The van der Waals surface area contributed by atoms with Gasteiger partial charge in [0.25, 0.3) is 0 Å². The van der Waals surface area contributed by atoms with Crippen LogP contribution in [0.4, 0.5) is 0 Å². The molecule has 0 fully saturated rings. The van der Waals surface area contributed by atoms with Gasteiger partial charge in [-0.1, -0.05) is 20.8 Å². The van der Waals surface area contributed by atoms with E-state index in [1.807, 2.05) is 11.8 Å². The summed E-state index contributed by atoms with van der Waals surface area (Å²) < 4.78 is 0.347. The van der Waals surface area contributed by atoms with Gasteiger partial charge in [0.15, 0.2) is 0 Å². The van der Waals surface area contributed by atoms with Gasteiger partial charge in [-0.2, -0.15) is 11.8 Å². The van der Waals surface area contributed by atoms with Crippen molar-refractivity contribution in [1.82, 2.24) is 5.32 Å². The zero-order chi connectivity index (χ0) is 10.7. The van der Waals surface area contributed by atoms with Crippen LogP contribution in [0.5, 0.6) is 0 Å². The van der Waals surface area contributed by atoms with E-state index in [2.05, 4.69) is 53.1 Å². The fourth-order valence-electron chi connectivity index (χ4n) is 0.777. The van der Waals surface area contributed by atoms with Crippen LogP contribution in [0, 0.1) is 5.41 Å². The summed E-state index contributed by atoms with van der Waals surface area (Å²) in [4.78, 5) is 0. The topological polar surface area (TPSA) is 12.0 Å². The summed E-state index contributed by atoms with van der Waals surface area (Å²) >= 11 is 1.92. The molecule has 13 heavy (non-hydrogen) atoms. The maximum atomic E-state index is 3.59. The Morgan fingerprint density at radius 1 is 1.15 bits per heavy atom. The van der Waals surface area contributed by atoms with Gasteiger partial charge in [-0.25, -0.2) is 0 Å². The lowest BCUT2D eigenvalue weighted by molar-refractivity contribution is 0.282. The summed E-state index contributed by atoms with van der Waals surface area (Å²) in [5.74, 6) is 0. The molecule has 0 radical (unpaired) electrons. The minimum Gasteiger partial charge on any atom is -0.312 e. The van der Waals surface area contributed by atoms with Crippen LogP contribution in [-0.2, 0) is 0 Å². The van der Waals surface area contributed by atoms with Crippen molar-refractivity contribution in [2.45, 2.75) is 52.3 Å². The minimum atomic E-state index is 0.347. The summed E-state index contributed by atoms with van der Waals surface area (Å²) in [7, 11) is 0. The molecule has 0 aliphatic carbocycles. The molecule has 1 atom stereocenters. The molecule has 1 nitrogen and oxygen atoms in total. The Bertz CT molecular complexity index is 147. The Labute approximate surface area is 88.1 Å². The lowest BCUT2D eigenvalue weighted by Crippen LogP contribution is -2.43. The maximum absolute atomic E-state index is 3.59. The highest BCUT2D eigenvalue weighted by molar-refractivity contribution is 7.99. The maximum Gasteiger partial charge on any atom is 0.0225 e. The number of hydrogen-bond donors (Lipinski definition) is 1. The average Bonchev–Trinajstić information content (AvgIpc) is 1.98. The molecule has 0 aromatic carbocycles. The third-order valence-electron chi connectivity index (χ3n) is 2.69. The molecule has 0 aliphatic heterocycles. The second-order valence-electron chi connectivity index (χ2n) is 5.43. The predicted octanol–water partition coefficient (Wildman–Crippen LogP) is 3.15. The van der Waals surface area contributed by atoms with Crippen molar-refractivity contribution < 1.29 is 0 Å². The first-order valence-corrected chi connectivity index (χ1v) is 6.20. The van der Waals surface area contributed by atoms with E-state index in [1.54, 1.807) is 0 Å². The molecule has 0 saturated carbocycles. The van der Waals surface area contributed by atoms with Crippen molar-refractivity contribution in [1.29, 1.82) is 0 Å². The van der Waals surface area contributed by atoms with Gasteiger partial charge in [0.05, 0.1) is 0 Å². The molecule has 0 rings (SSSR count). The predicted molar refractivity (Wildman–Crippen MR) is 64.5 cm³/mol. The fraction of sp³-hybridized carbons (Fsp3) is 1.00. The van der Waals surface area contributed by atoms with Gasteiger partial charge < -0.3 is 5.32 Å². The Morgan fingerprint density at radius 3 is 1.92 bits per heavy atom. The zero-order valence-corrected chi connectivity index (χ0v) is 11.0. The highest BCUT2D eigenvalue weighted by Gasteiger charge is 2.22. The number of nitrogens with one attached hydrogen (secondary N) is 1. The quantitative estimate of drug-likeness (QED) is 0.753. The SMILES string of the molecule is CSC(C)(C)CNC(C)C(C)(C)C. The molecule has 0 amide bonds. The average molecular weight is 203 g/mol. The molecule has 80 valence electrons. The lowest BCUT2D eigenvalue weighted by atomic mass is 9.88. The Balaban J connectivity index is 3.90. The van der Waals surface area contributed by atoms with Gasteiger partial charge in [0.2, 0.25) is 0 Å². The van der Waals surface area contributed by atoms with E-state index in [0.717, 1.165) is 6.54 Å². The molecule has 2 heteroatoms. The summed E-state index contributed by atoms with van der Waals surface area (Å²) in [5, 5.41) is 3.59. The number of hydrogen-bond acceptors (Lipinski definition) is 2. The van der Waals surface area contributed by atoms with Gasteiger partial charge in [0, 0.05) is 17.3 Å². The largest absolute Gasteiger partial charge is 0.312 e. The molecule has 0 heterocycles. The van der Waals surface area contributed by atoms with Crippen LogP contribution in [0.2, 0.25) is 0 Å². The van der Waals surface area contributed by atoms with E-state index in [1.165, 1.54) is 0 Å². The van der Waals surface area contributed by atoms with E-state index in [0.29, 0.717) is 16.2 Å². The molecular weight excluding hydrogens is 178 g/mol. The van der Waals surface area contributed by atoms with Crippen LogP contribution in [-0.4, -0.2) is 23.6 Å². The van der Waals surface area contributed by atoms with Crippen LogP contribution in [0.25, 0.3) is 0 Å². The first-order valence-electron chi connectivity index (χ1n) is 4.97. The standard InChI is InChI=1S/C11H25NS/c1-9(10(2,3)4)12-8-11(5,6)13-7/h9,12H,8H2,1-7H3. The molecule has 0 aromatic rings. The van der Waals surface area contributed by atoms with Crippen molar-refractivity contribution in [3.63, 3.8) is 0 Å². The third-order valence-corrected chi connectivity index (χ3v) is 3.94. The van der Waals surface area contributed by atoms with Gasteiger partial charge in [-0.3, -0.25) is 0 Å². The van der Waals surface area contributed by atoms with Crippen molar-refractivity contribution >= 4 is 11.8 Å². The van der Waals surface area contributed by atoms with Crippen molar-refractivity contribution in [2.75, 3.05) is 12.8 Å². The van der Waals surface area contributed by atoms with Crippen molar-refractivity contribution in [2.24, 2.45) is 5.41 Å². The van der Waals surface area contributed by atoms with Gasteiger partial charge in [-0.15, -0.1) is 0 Å². The van der Waals surface area contributed by atoms with Crippen LogP contribution in [0.3, 0.4) is 0 Å². The van der Waals surface area contributed by atoms with Gasteiger partial charge in [-0.05, 0) is 32.4 Å². The highest BCUT2D eigenvalue weighted by atomic mass is 32.2. The lowest BCUT2D eigenvalue weighted by Gasteiger charge is -2.32. The van der Waals surface area contributed by atoms with Gasteiger partial charge >= 0.3 is 0 Å². The molecule has 1 N–H and O–H groups in total. The smallest absolute Gasteiger partial charge is 0.0225 e. The summed E-state index contributed by atoms with van der Waals surface area (Å²) in [6, 6.07) is 0.568. The number of thioether (sulfide) groups is 1. The first kappa shape index (κ1) is 13.3. The molecule has 0 aliphatic rings. The molecule has 0 spiro atoms. The highest BCUT2D eigenvalue weighted by Crippen LogP contribution is 2.23. The third kappa shape index (κ3) is 5.58. The monoisotopic (exact) mass is 203 g/mol. The molecule has 1 unspecified atom stereocenters. The van der Waals surface area contributed by atoms with Crippen LogP contribution >= 0.6 is 11.8 Å². The molecular formula is C11H25NS. The van der Waals surface area contributed by atoms with Crippen LogP contribution in [0.1, 0.15) is 41.5 Å². The van der Waals surface area contributed by atoms with E-state index >= 15 is 0 Å².